The third-order valence-corrected chi connectivity index (χ3v) is 4.25. The number of nitrogens with zero attached hydrogens (tertiary/aromatic N) is 5. The standard InChI is InChI=1S/C17H30N8/c1-5-13(6-2)10-21-17(18-7-3)20-9-8-19-15-14-11-24-25(4)16(14)23-12-22-15/h11-13H,5-10H2,1-4H3,(H2,18,20,21)(H,19,22,23). The Morgan fingerprint density at radius 1 is 1.16 bits per heavy atom. The molecular weight excluding hydrogens is 316 g/mol. The van der Waals surface area contributed by atoms with E-state index in [0.717, 1.165) is 61.8 Å². The minimum atomic E-state index is 0.647. The molecule has 2 heterocycles. The molecule has 0 aliphatic carbocycles. The van der Waals surface area contributed by atoms with Gasteiger partial charge in [-0.25, -0.2) is 9.97 Å². The molecule has 0 aliphatic heterocycles. The lowest BCUT2D eigenvalue weighted by atomic mass is 10.0. The van der Waals surface area contributed by atoms with E-state index in [4.69, 9.17) is 0 Å². The van der Waals surface area contributed by atoms with Gasteiger partial charge in [-0.05, 0) is 12.8 Å². The average molecular weight is 346 g/mol. The second kappa shape index (κ2) is 9.80. The Hall–Kier alpha value is -2.38. The molecule has 25 heavy (non-hydrogen) atoms. The van der Waals surface area contributed by atoms with E-state index in [1.54, 1.807) is 17.2 Å². The number of guanidine groups is 1. The van der Waals surface area contributed by atoms with Crippen LogP contribution >= 0.6 is 0 Å². The predicted molar refractivity (Wildman–Crippen MR) is 103 cm³/mol. The maximum absolute atomic E-state index is 4.68. The molecule has 8 heteroatoms. The van der Waals surface area contributed by atoms with Crippen LogP contribution in [0.25, 0.3) is 11.0 Å². The smallest absolute Gasteiger partial charge is 0.191 e. The SMILES string of the molecule is CCNC(=NCC(CC)CC)NCCNc1ncnc2c1cnn2C. The summed E-state index contributed by atoms with van der Waals surface area (Å²) in [5.41, 5.74) is 0.825. The summed E-state index contributed by atoms with van der Waals surface area (Å²) >= 11 is 0. The number of hydrogen-bond donors (Lipinski definition) is 3. The summed E-state index contributed by atoms with van der Waals surface area (Å²) in [5, 5.41) is 15.1. The molecule has 0 saturated carbocycles. The molecule has 0 atom stereocenters. The van der Waals surface area contributed by atoms with Crippen LogP contribution in [-0.4, -0.2) is 51.9 Å². The van der Waals surface area contributed by atoms with Crippen molar-refractivity contribution in [1.82, 2.24) is 30.4 Å². The van der Waals surface area contributed by atoms with E-state index >= 15 is 0 Å². The fraction of sp³-hybridized carbons (Fsp3) is 0.647. The first-order chi connectivity index (χ1) is 12.2. The third kappa shape index (κ3) is 5.30. The summed E-state index contributed by atoms with van der Waals surface area (Å²) in [5.74, 6) is 2.32. The van der Waals surface area contributed by atoms with Gasteiger partial charge in [-0.1, -0.05) is 26.7 Å². The summed E-state index contributed by atoms with van der Waals surface area (Å²) in [6.45, 7) is 9.70. The number of rotatable bonds is 9. The number of aromatic nitrogens is 4. The molecule has 2 aromatic rings. The van der Waals surface area contributed by atoms with Gasteiger partial charge in [-0.15, -0.1) is 0 Å². The zero-order valence-electron chi connectivity index (χ0n) is 15.7. The topological polar surface area (TPSA) is 92.1 Å². The van der Waals surface area contributed by atoms with E-state index in [9.17, 15) is 0 Å². The Morgan fingerprint density at radius 2 is 1.96 bits per heavy atom. The molecule has 0 fully saturated rings. The highest BCUT2D eigenvalue weighted by molar-refractivity contribution is 5.86. The molecule has 0 saturated heterocycles. The van der Waals surface area contributed by atoms with Crippen molar-refractivity contribution in [2.24, 2.45) is 18.0 Å². The highest BCUT2D eigenvalue weighted by atomic mass is 15.3. The van der Waals surface area contributed by atoms with Crippen molar-refractivity contribution in [3.63, 3.8) is 0 Å². The maximum atomic E-state index is 4.68. The lowest BCUT2D eigenvalue weighted by Crippen LogP contribution is -2.40. The van der Waals surface area contributed by atoms with Crippen molar-refractivity contribution >= 4 is 22.8 Å². The molecule has 138 valence electrons. The van der Waals surface area contributed by atoms with Gasteiger partial charge in [0.25, 0.3) is 0 Å². The first-order valence-corrected chi connectivity index (χ1v) is 9.08. The van der Waals surface area contributed by atoms with Crippen molar-refractivity contribution in [2.75, 3.05) is 31.5 Å². The summed E-state index contributed by atoms with van der Waals surface area (Å²) in [6, 6.07) is 0. The normalized spacial score (nSPS) is 12.0. The largest absolute Gasteiger partial charge is 0.368 e. The molecule has 8 nitrogen and oxygen atoms in total. The number of aliphatic imine (C=N–C) groups is 1. The molecule has 0 aliphatic rings. The molecule has 2 rings (SSSR count). The monoisotopic (exact) mass is 346 g/mol. The van der Waals surface area contributed by atoms with Crippen molar-refractivity contribution in [3.05, 3.63) is 12.5 Å². The van der Waals surface area contributed by atoms with Crippen molar-refractivity contribution < 1.29 is 0 Å². The molecule has 0 radical (unpaired) electrons. The van der Waals surface area contributed by atoms with Crippen LogP contribution in [0, 0.1) is 5.92 Å². The summed E-state index contributed by atoms with van der Waals surface area (Å²) in [4.78, 5) is 13.2. The highest BCUT2D eigenvalue weighted by Gasteiger charge is 2.07. The van der Waals surface area contributed by atoms with Gasteiger partial charge in [-0.2, -0.15) is 5.10 Å². The lowest BCUT2D eigenvalue weighted by molar-refractivity contribution is 0.504. The van der Waals surface area contributed by atoms with Gasteiger partial charge in [0.15, 0.2) is 11.6 Å². The maximum Gasteiger partial charge on any atom is 0.191 e. The van der Waals surface area contributed by atoms with E-state index in [1.807, 2.05) is 7.05 Å². The van der Waals surface area contributed by atoms with Crippen LogP contribution in [0.3, 0.4) is 0 Å². The Morgan fingerprint density at radius 3 is 2.68 bits per heavy atom. The second-order valence-electron chi connectivity index (χ2n) is 5.98. The van der Waals surface area contributed by atoms with Gasteiger partial charge < -0.3 is 16.0 Å². The Balaban J connectivity index is 1.86. The first kappa shape index (κ1) is 19.0. The summed E-state index contributed by atoms with van der Waals surface area (Å²) in [7, 11) is 1.87. The van der Waals surface area contributed by atoms with Crippen LogP contribution in [0.5, 0.6) is 0 Å². The van der Waals surface area contributed by atoms with Crippen LogP contribution < -0.4 is 16.0 Å². The van der Waals surface area contributed by atoms with E-state index in [-0.39, 0.29) is 0 Å². The second-order valence-corrected chi connectivity index (χ2v) is 5.98. The number of nitrogens with one attached hydrogen (secondary N) is 3. The Labute approximate surface area is 149 Å². The molecular formula is C17H30N8. The van der Waals surface area contributed by atoms with Gasteiger partial charge in [-0.3, -0.25) is 9.67 Å². The van der Waals surface area contributed by atoms with Crippen LogP contribution in [0.1, 0.15) is 33.6 Å². The number of aryl methyl sites for hydroxylation is 1. The van der Waals surface area contributed by atoms with Gasteiger partial charge in [0.1, 0.15) is 12.1 Å². The van der Waals surface area contributed by atoms with E-state index in [1.165, 1.54) is 0 Å². The fourth-order valence-corrected chi connectivity index (χ4v) is 2.57. The number of fused-ring (bicyclic) bond motifs is 1. The number of hydrogen-bond acceptors (Lipinski definition) is 5. The molecule has 0 aromatic carbocycles. The van der Waals surface area contributed by atoms with Crippen LogP contribution in [0.15, 0.2) is 17.5 Å². The van der Waals surface area contributed by atoms with Crippen LogP contribution in [0.2, 0.25) is 0 Å². The number of anilines is 1. The molecule has 0 unspecified atom stereocenters. The zero-order chi connectivity index (χ0) is 18.1. The predicted octanol–water partition coefficient (Wildman–Crippen LogP) is 1.77. The van der Waals surface area contributed by atoms with Crippen molar-refractivity contribution in [1.29, 1.82) is 0 Å². The van der Waals surface area contributed by atoms with Crippen molar-refractivity contribution in [3.8, 4) is 0 Å². The van der Waals surface area contributed by atoms with E-state index in [0.29, 0.717) is 5.92 Å². The first-order valence-electron chi connectivity index (χ1n) is 9.08. The lowest BCUT2D eigenvalue weighted by Gasteiger charge is -2.14. The van der Waals surface area contributed by atoms with Gasteiger partial charge >= 0.3 is 0 Å². The van der Waals surface area contributed by atoms with Gasteiger partial charge in [0.2, 0.25) is 0 Å². The van der Waals surface area contributed by atoms with Crippen LogP contribution in [-0.2, 0) is 7.05 Å². The molecule has 0 spiro atoms. The minimum absolute atomic E-state index is 0.647. The zero-order valence-corrected chi connectivity index (χ0v) is 15.7. The van der Waals surface area contributed by atoms with E-state index in [2.05, 4.69) is 56.8 Å². The minimum Gasteiger partial charge on any atom is -0.368 e. The summed E-state index contributed by atoms with van der Waals surface area (Å²) < 4.78 is 1.74. The average Bonchev–Trinajstić information content (AvgIpc) is 3.01. The quantitative estimate of drug-likeness (QED) is 0.364. The third-order valence-electron chi connectivity index (χ3n) is 4.25. The highest BCUT2D eigenvalue weighted by Crippen LogP contribution is 2.17. The Bertz CT molecular complexity index is 674. The summed E-state index contributed by atoms with van der Waals surface area (Å²) in [6.07, 6.45) is 5.67. The van der Waals surface area contributed by atoms with E-state index < -0.39 is 0 Å². The van der Waals surface area contributed by atoms with Gasteiger partial charge in [0, 0.05) is 33.2 Å². The Kier molecular flexibility index (Phi) is 7.43. The fourth-order valence-electron chi connectivity index (χ4n) is 2.57. The molecule has 3 N–H and O–H groups in total. The van der Waals surface area contributed by atoms with Crippen molar-refractivity contribution in [2.45, 2.75) is 33.6 Å². The van der Waals surface area contributed by atoms with Gasteiger partial charge in [0.05, 0.1) is 11.6 Å². The van der Waals surface area contributed by atoms with Crippen LogP contribution in [0.4, 0.5) is 5.82 Å². The molecule has 0 amide bonds. The molecule has 0 bridgehead atoms. The molecule has 2 aromatic heterocycles.